The molecule has 0 aliphatic heterocycles. The molecule has 2 aromatic rings. The first kappa shape index (κ1) is 13.2. The van der Waals surface area contributed by atoms with Gasteiger partial charge in [-0.3, -0.25) is 0 Å². The fourth-order valence-corrected chi connectivity index (χ4v) is 1.63. The molecule has 0 aliphatic rings. The highest BCUT2D eigenvalue weighted by Crippen LogP contribution is 2.14. The summed E-state index contributed by atoms with van der Waals surface area (Å²) in [7, 11) is 0. The van der Waals surface area contributed by atoms with E-state index in [1.807, 2.05) is 54.6 Å². The summed E-state index contributed by atoms with van der Waals surface area (Å²) < 4.78 is 5.72. The molecule has 1 N–H and O–H groups in total. The highest BCUT2D eigenvalue weighted by molar-refractivity contribution is 5.39. The molecule has 0 saturated heterocycles. The van der Waals surface area contributed by atoms with E-state index >= 15 is 0 Å². The lowest BCUT2D eigenvalue weighted by Gasteiger charge is -2.06. The molecule has 2 aromatic carbocycles. The van der Waals surface area contributed by atoms with Crippen LogP contribution in [0.25, 0.3) is 0 Å². The van der Waals surface area contributed by atoms with Crippen molar-refractivity contribution in [2.45, 2.75) is 13.0 Å². The van der Waals surface area contributed by atoms with Gasteiger partial charge in [0.1, 0.15) is 12.4 Å². The van der Waals surface area contributed by atoms with Gasteiger partial charge in [-0.1, -0.05) is 48.2 Å². The van der Waals surface area contributed by atoms with Gasteiger partial charge in [-0.05, 0) is 23.8 Å². The average molecular weight is 252 g/mol. The first-order valence-electron chi connectivity index (χ1n) is 6.25. The molecule has 0 atom stereocenters. The lowest BCUT2D eigenvalue weighted by Crippen LogP contribution is -1.95. The molecular formula is C17H16O2. The maximum Gasteiger partial charge on any atom is 0.121 e. The SMILES string of the molecule is OCCC#Cc1cccc(OCc2ccccc2)c1. The van der Waals surface area contributed by atoms with Gasteiger partial charge in [-0.15, -0.1) is 0 Å². The first-order valence-corrected chi connectivity index (χ1v) is 6.25. The zero-order valence-electron chi connectivity index (χ0n) is 10.7. The minimum atomic E-state index is 0.0944. The summed E-state index contributed by atoms with van der Waals surface area (Å²) in [5.74, 6) is 6.70. The molecule has 0 fully saturated rings. The molecular weight excluding hydrogens is 236 g/mol. The van der Waals surface area contributed by atoms with Gasteiger partial charge in [-0.25, -0.2) is 0 Å². The maximum atomic E-state index is 8.68. The van der Waals surface area contributed by atoms with Crippen molar-refractivity contribution < 1.29 is 9.84 Å². The Bertz CT molecular complexity index is 565. The Morgan fingerprint density at radius 1 is 1.00 bits per heavy atom. The van der Waals surface area contributed by atoms with Crippen molar-refractivity contribution in [2.24, 2.45) is 0 Å². The van der Waals surface area contributed by atoms with Gasteiger partial charge in [0.25, 0.3) is 0 Å². The monoisotopic (exact) mass is 252 g/mol. The van der Waals surface area contributed by atoms with Crippen LogP contribution in [0.3, 0.4) is 0 Å². The number of benzene rings is 2. The molecule has 0 aliphatic carbocycles. The van der Waals surface area contributed by atoms with Crippen molar-refractivity contribution >= 4 is 0 Å². The van der Waals surface area contributed by atoms with E-state index in [2.05, 4.69) is 11.8 Å². The summed E-state index contributed by atoms with van der Waals surface area (Å²) in [6.07, 6.45) is 0.495. The van der Waals surface area contributed by atoms with Crippen molar-refractivity contribution in [3.8, 4) is 17.6 Å². The highest BCUT2D eigenvalue weighted by Gasteiger charge is 1.96. The van der Waals surface area contributed by atoms with Crippen LogP contribution in [-0.2, 0) is 6.61 Å². The molecule has 0 aromatic heterocycles. The summed E-state index contributed by atoms with van der Waals surface area (Å²) in [6, 6.07) is 17.7. The third kappa shape index (κ3) is 4.50. The van der Waals surface area contributed by atoms with Crippen molar-refractivity contribution in [1.29, 1.82) is 0 Å². The smallest absolute Gasteiger partial charge is 0.121 e. The standard InChI is InChI=1S/C17H16O2/c18-12-5-4-7-15-10-6-11-17(13-15)19-14-16-8-2-1-3-9-16/h1-3,6,8-11,13,18H,5,12,14H2. The van der Waals surface area contributed by atoms with E-state index in [0.717, 1.165) is 16.9 Å². The van der Waals surface area contributed by atoms with Crippen LogP contribution < -0.4 is 4.74 Å². The summed E-state index contributed by atoms with van der Waals surface area (Å²) in [5.41, 5.74) is 2.04. The number of rotatable bonds is 4. The number of aliphatic hydroxyl groups excluding tert-OH is 1. The normalized spacial score (nSPS) is 9.53. The minimum absolute atomic E-state index is 0.0944. The minimum Gasteiger partial charge on any atom is -0.489 e. The lowest BCUT2D eigenvalue weighted by atomic mass is 10.2. The molecule has 0 bridgehead atoms. The summed E-state index contributed by atoms with van der Waals surface area (Å²) in [6.45, 7) is 0.644. The number of hydrogen-bond acceptors (Lipinski definition) is 2. The number of ether oxygens (including phenoxy) is 1. The zero-order chi connectivity index (χ0) is 13.3. The molecule has 19 heavy (non-hydrogen) atoms. The largest absolute Gasteiger partial charge is 0.489 e. The first-order chi connectivity index (χ1) is 9.38. The molecule has 0 heterocycles. The topological polar surface area (TPSA) is 29.5 Å². The second-order valence-electron chi connectivity index (χ2n) is 4.08. The quantitative estimate of drug-likeness (QED) is 0.848. The Morgan fingerprint density at radius 2 is 1.84 bits per heavy atom. The summed E-state index contributed by atoms with van der Waals surface area (Å²) in [4.78, 5) is 0. The molecule has 0 radical (unpaired) electrons. The fourth-order valence-electron chi connectivity index (χ4n) is 1.63. The second-order valence-corrected chi connectivity index (χ2v) is 4.08. The van der Waals surface area contributed by atoms with E-state index < -0.39 is 0 Å². The zero-order valence-corrected chi connectivity index (χ0v) is 10.7. The van der Waals surface area contributed by atoms with Gasteiger partial charge in [0, 0.05) is 12.0 Å². The maximum absolute atomic E-state index is 8.68. The van der Waals surface area contributed by atoms with Gasteiger partial charge < -0.3 is 9.84 Å². The highest BCUT2D eigenvalue weighted by atomic mass is 16.5. The van der Waals surface area contributed by atoms with E-state index in [0.29, 0.717) is 13.0 Å². The lowest BCUT2D eigenvalue weighted by molar-refractivity contribution is 0.305. The Morgan fingerprint density at radius 3 is 2.63 bits per heavy atom. The van der Waals surface area contributed by atoms with E-state index in [4.69, 9.17) is 9.84 Å². The molecule has 2 heteroatoms. The van der Waals surface area contributed by atoms with Gasteiger partial charge >= 0.3 is 0 Å². The Balaban J connectivity index is 1.98. The van der Waals surface area contributed by atoms with E-state index in [1.165, 1.54) is 0 Å². The summed E-state index contributed by atoms with van der Waals surface area (Å²) >= 11 is 0. The van der Waals surface area contributed by atoms with Crippen molar-refractivity contribution in [3.05, 3.63) is 65.7 Å². The van der Waals surface area contributed by atoms with Gasteiger partial charge in [0.2, 0.25) is 0 Å². The van der Waals surface area contributed by atoms with Crippen molar-refractivity contribution in [3.63, 3.8) is 0 Å². The Hall–Kier alpha value is -2.24. The molecule has 0 amide bonds. The predicted octanol–water partition coefficient (Wildman–Crippen LogP) is 3.00. The van der Waals surface area contributed by atoms with E-state index in [1.54, 1.807) is 0 Å². The van der Waals surface area contributed by atoms with Gasteiger partial charge in [0.05, 0.1) is 6.61 Å². The van der Waals surface area contributed by atoms with Gasteiger partial charge in [0.15, 0.2) is 0 Å². The van der Waals surface area contributed by atoms with Crippen LogP contribution in [0.15, 0.2) is 54.6 Å². The molecule has 0 spiro atoms. The van der Waals surface area contributed by atoms with Gasteiger partial charge in [-0.2, -0.15) is 0 Å². The Kier molecular flexibility index (Phi) is 5.04. The van der Waals surface area contributed by atoms with Crippen LogP contribution in [0.1, 0.15) is 17.5 Å². The average Bonchev–Trinajstić information content (AvgIpc) is 2.47. The van der Waals surface area contributed by atoms with Crippen molar-refractivity contribution in [1.82, 2.24) is 0 Å². The number of aliphatic hydroxyl groups is 1. The fraction of sp³-hybridized carbons (Fsp3) is 0.176. The van der Waals surface area contributed by atoms with Crippen molar-refractivity contribution in [2.75, 3.05) is 6.61 Å². The molecule has 0 saturated carbocycles. The number of hydrogen-bond donors (Lipinski definition) is 1. The third-order valence-electron chi connectivity index (χ3n) is 2.55. The van der Waals surface area contributed by atoms with E-state index in [9.17, 15) is 0 Å². The molecule has 2 nitrogen and oxygen atoms in total. The molecule has 96 valence electrons. The van der Waals surface area contributed by atoms with Crippen LogP contribution in [-0.4, -0.2) is 11.7 Å². The summed E-state index contributed by atoms with van der Waals surface area (Å²) in [5, 5.41) is 8.68. The predicted molar refractivity (Wildman–Crippen MR) is 75.8 cm³/mol. The molecule has 2 rings (SSSR count). The van der Waals surface area contributed by atoms with E-state index in [-0.39, 0.29) is 6.61 Å². The molecule has 0 unspecified atom stereocenters. The van der Waals surface area contributed by atoms with Crippen LogP contribution >= 0.6 is 0 Å². The van der Waals surface area contributed by atoms with Crippen LogP contribution in [0.5, 0.6) is 5.75 Å². The van der Waals surface area contributed by atoms with Crippen LogP contribution in [0.4, 0.5) is 0 Å². The van der Waals surface area contributed by atoms with Crippen LogP contribution in [0.2, 0.25) is 0 Å². The second kappa shape index (κ2) is 7.25. The third-order valence-corrected chi connectivity index (χ3v) is 2.55. The Labute approximate surface area is 113 Å². The van der Waals surface area contributed by atoms with Crippen LogP contribution in [0, 0.1) is 11.8 Å².